The van der Waals surface area contributed by atoms with Gasteiger partial charge in [0, 0.05) is 30.3 Å². The average molecular weight is 315 g/mol. The monoisotopic (exact) mass is 315 g/mol. The molecule has 0 radical (unpaired) electrons. The second kappa shape index (κ2) is 8.56. The fourth-order valence-corrected chi connectivity index (χ4v) is 2.73. The number of aliphatic hydroxyl groups excluding tert-OH is 1. The van der Waals surface area contributed by atoms with Gasteiger partial charge < -0.3 is 19.9 Å². The highest BCUT2D eigenvalue weighted by atomic mass is 16.5. The van der Waals surface area contributed by atoms with Crippen LogP contribution in [-0.2, 0) is 0 Å². The fourth-order valence-electron chi connectivity index (χ4n) is 2.73. The Hall–Kier alpha value is -2.04. The third kappa shape index (κ3) is 4.47. The summed E-state index contributed by atoms with van der Waals surface area (Å²) in [7, 11) is 3.30. The molecule has 0 fully saturated rings. The maximum Gasteiger partial charge on any atom is 0.127 e. The van der Waals surface area contributed by atoms with Crippen LogP contribution >= 0.6 is 0 Å². The summed E-state index contributed by atoms with van der Waals surface area (Å²) in [6.07, 6.45) is 0.660. The van der Waals surface area contributed by atoms with Crippen LogP contribution in [-0.4, -0.2) is 25.9 Å². The molecule has 0 aliphatic rings. The molecule has 2 rings (SSSR count). The lowest BCUT2D eigenvalue weighted by Crippen LogP contribution is -2.26. The molecule has 0 amide bonds. The van der Waals surface area contributed by atoms with Crippen molar-refractivity contribution >= 4 is 0 Å². The minimum atomic E-state index is 0.0765. The fraction of sp³-hybridized carbons (Fsp3) is 0.368. The molecule has 0 bridgehead atoms. The van der Waals surface area contributed by atoms with Gasteiger partial charge >= 0.3 is 0 Å². The number of nitrogens with one attached hydrogen (secondary N) is 1. The van der Waals surface area contributed by atoms with Crippen LogP contribution in [0.15, 0.2) is 48.5 Å². The second-order valence-electron chi connectivity index (χ2n) is 5.47. The summed E-state index contributed by atoms with van der Waals surface area (Å²) < 4.78 is 10.7. The topological polar surface area (TPSA) is 50.7 Å². The third-order valence-electron chi connectivity index (χ3n) is 3.98. The van der Waals surface area contributed by atoms with Gasteiger partial charge in [-0.3, -0.25) is 0 Å². The van der Waals surface area contributed by atoms with Gasteiger partial charge in [0.25, 0.3) is 0 Å². The number of hydrogen-bond acceptors (Lipinski definition) is 4. The molecule has 0 aromatic heterocycles. The largest absolute Gasteiger partial charge is 0.497 e. The van der Waals surface area contributed by atoms with Gasteiger partial charge in [-0.25, -0.2) is 0 Å². The first kappa shape index (κ1) is 17.3. The first-order valence-corrected chi connectivity index (χ1v) is 7.83. The van der Waals surface area contributed by atoms with E-state index in [1.807, 2.05) is 36.4 Å². The van der Waals surface area contributed by atoms with Crippen molar-refractivity contribution in [3.63, 3.8) is 0 Å². The normalized spacial score (nSPS) is 13.4. The highest BCUT2D eigenvalue weighted by molar-refractivity contribution is 5.42. The van der Waals surface area contributed by atoms with Crippen molar-refractivity contribution < 1.29 is 14.6 Å². The van der Waals surface area contributed by atoms with Gasteiger partial charge in [0.1, 0.15) is 11.5 Å². The Bertz CT molecular complexity index is 601. The Labute approximate surface area is 138 Å². The highest BCUT2D eigenvalue weighted by Crippen LogP contribution is 2.31. The van der Waals surface area contributed by atoms with Crippen molar-refractivity contribution in [1.29, 1.82) is 0 Å². The molecule has 124 valence electrons. The van der Waals surface area contributed by atoms with Crippen molar-refractivity contribution in [2.45, 2.75) is 25.4 Å². The zero-order valence-corrected chi connectivity index (χ0v) is 14.0. The highest BCUT2D eigenvalue weighted by Gasteiger charge is 2.18. The Morgan fingerprint density at radius 3 is 2.39 bits per heavy atom. The van der Waals surface area contributed by atoms with Gasteiger partial charge in [-0.2, -0.15) is 0 Å². The molecule has 4 heteroatoms. The molecule has 1 unspecified atom stereocenters. The molecule has 4 nitrogen and oxygen atoms in total. The van der Waals surface area contributed by atoms with Crippen LogP contribution < -0.4 is 14.8 Å². The maximum absolute atomic E-state index is 9.37. The third-order valence-corrected chi connectivity index (χ3v) is 3.98. The molecule has 0 spiro atoms. The van der Waals surface area contributed by atoms with E-state index in [0.29, 0.717) is 6.42 Å². The quantitative estimate of drug-likeness (QED) is 0.783. The van der Waals surface area contributed by atoms with Crippen molar-refractivity contribution in [2.75, 3.05) is 20.8 Å². The second-order valence-corrected chi connectivity index (χ2v) is 5.47. The molecule has 0 saturated heterocycles. The molecule has 2 N–H and O–H groups in total. The molecular formula is C19H25NO3. The Morgan fingerprint density at radius 2 is 1.78 bits per heavy atom. The first-order valence-electron chi connectivity index (χ1n) is 7.83. The van der Waals surface area contributed by atoms with E-state index in [1.54, 1.807) is 14.2 Å². The summed E-state index contributed by atoms with van der Waals surface area (Å²) in [6, 6.07) is 16.2. The molecule has 0 aliphatic heterocycles. The summed E-state index contributed by atoms with van der Waals surface area (Å²) in [5, 5.41) is 13.0. The van der Waals surface area contributed by atoms with Gasteiger partial charge in [-0.15, -0.1) is 0 Å². The van der Waals surface area contributed by atoms with E-state index in [4.69, 9.17) is 9.47 Å². The summed E-state index contributed by atoms with van der Waals surface area (Å²) in [6.45, 7) is 2.23. The van der Waals surface area contributed by atoms with Crippen molar-refractivity contribution in [1.82, 2.24) is 5.32 Å². The van der Waals surface area contributed by atoms with Crippen LogP contribution in [0.1, 0.15) is 36.6 Å². The maximum atomic E-state index is 9.37. The van der Waals surface area contributed by atoms with E-state index in [-0.39, 0.29) is 18.7 Å². The summed E-state index contributed by atoms with van der Waals surface area (Å²) in [5.74, 6) is 1.56. The number of methoxy groups -OCH3 is 2. The van der Waals surface area contributed by atoms with Crippen molar-refractivity contribution in [2.24, 2.45) is 0 Å². The van der Waals surface area contributed by atoms with E-state index in [2.05, 4.69) is 24.4 Å². The van der Waals surface area contributed by atoms with Crippen LogP contribution in [0.5, 0.6) is 11.5 Å². The van der Waals surface area contributed by atoms with Gasteiger partial charge in [0.05, 0.1) is 14.2 Å². The minimum Gasteiger partial charge on any atom is -0.497 e. The Kier molecular flexibility index (Phi) is 6.44. The van der Waals surface area contributed by atoms with E-state index in [9.17, 15) is 5.11 Å². The van der Waals surface area contributed by atoms with E-state index in [1.165, 1.54) is 5.56 Å². The SMILES string of the molecule is COc1ccc(C(C)N[C@H](CCO)c2ccccc2)c(OC)c1. The molecule has 0 aliphatic carbocycles. The predicted octanol–water partition coefficient (Wildman–Crippen LogP) is 3.48. The zero-order valence-electron chi connectivity index (χ0n) is 14.0. The van der Waals surface area contributed by atoms with Crippen molar-refractivity contribution in [3.8, 4) is 11.5 Å². The zero-order chi connectivity index (χ0) is 16.7. The van der Waals surface area contributed by atoms with Crippen LogP contribution in [0.4, 0.5) is 0 Å². The van der Waals surface area contributed by atoms with Gasteiger partial charge in [0.2, 0.25) is 0 Å². The number of aliphatic hydroxyl groups is 1. The lowest BCUT2D eigenvalue weighted by Gasteiger charge is -2.25. The standard InChI is InChI=1S/C19H25NO3/c1-14(17-10-9-16(22-2)13-19(17)23-3)20-18(11-12-21)15-7-5-4-6-8-15/h4-10,13-14,18,20-21H,11-12H2,1-3H3/t14?,18-/m1/s1. The number of hydrogen-bond donors (Lipinski definition) is 2. The van der Waals surface area contributed by atoms with E-state index in [0.717, 1.165) is 17.1 Å². The molecule has 0 heterocycles. The van der Waals surface area contributed by atoms with Gasteiger partial charge in [0.15, 0.2) is 0 Å². The van der Waals surface area contributed by atoms with Crippen LogP contribution in [0.3, 0.4) is 0 Å². The average Bonchev–Trinajstić information content (AvgIpc) is 2.61. The minimum absolute atomic E-state index is 0.0765. The number of ether oxygens (including phenoxy) is 2. The smallest absolute Gasteiger partial charge is 0.127 e. The molecule has 0 saturated carbocycles. The Morgan fingerprint density at radius 1 is 1.04 bits per heavy atom. The first-order chi connectivity index (χ1) is 11.2. The molecule has 2 aromatic rings. The van der Waals surface area contributed by atoms with Crippen LogP contribution in [0.25, 0.3) is 0 Å². The van der Waals surface area contributed by atoms with Crippen LogP contribution in [0, 0.1) is 0 Å². The molecule has 23 heavy (non-hydrogen) atoms. The molecule has 2 aromatic carbocycles. The number of benzene rings is 2. The lowest BCUT2D eigenvalue weighted by molar-refractivity contribution is 0.259. The summed E-state index contributed by atoms with van der Waals surface area (Å²) in [4.78, 5) is 0. The predicted molar refractivity (Wildman–Crippen MR) is 92.0 cm³/mol. The summed E-state index contributed by atoms with van der Waals surface area (Å²) in [5.41, 5.74) is 2.23. The van der Waals surface area contributed by atoms with E-state index >= 15 is 0 Å². The molecular weight excluding hydrogens is 290 g/mol. The van der Waals surface area contributed by atoms with Gasteiger partial charge in [-0.1, -0.05) is 36.4 Å². The number of rotatable bonds is 8. The van der Waals surface area contributed by atoms with Crippen LogP contribution in [0.2, 0.25) is 0 Å². The summed E-state index contributed by atoms with van der Waals surface area (Å²) >= 11 is 0. The Balaban J connectivity index is 2.20. The van der Waals surface area contributed by atoms with Gasteiger partial charge in [-0.05, 0) is 25.0 Å². The van der Waals surface area contributed by atoms with Crippen molar-refractivity contribution in [3.05, 3.63) is 59.7 Å². The lowest BCUT2D eigenvalue weighted by atomic mass is 10.0. The molecule has 2 atom stereocenters. The van der Waals surface area contributed by atoms with E-state index < -0.39 is 0 Å².